The highest BCUT2D eigenvalue weighted by Crippen LogP contribution is 2.37. The molecule has 2 aromatic carbocycles. The Morgan fingerprint density at radius 2 is 1.93 bits per heavy atom. The summed E-state index contributed by atoms with van der Waals surface area (Å²) in [6.45, 7) is 18.0. The van der Waals surface area contributed by atoms with E-state index in [1.807, 2.05) is 12.1 Å². The molecule has 2 saturated heterocycles. The van der Waals surface area contributed by atoms with Crippen LogP contribution in [0.4, 0.5) is 11.5 Å². The van der Waals surface area contributed by atoms with Crippen LogP contribution >= 0.6 is 11.6 Å². The summed E-state index contributed by atoms with van der Waals surface area (Å²) >= 11 is 6.70. The summed E-state index contributed by atoms with van der Waals surface area (Å²) < 4.78 is 6.30. The lowest BCUT2D eigenvalue weighted by molar-refractivity contribution is -0.129. The number of hydrogen-bond acceptors (Lipinski definition) is 7. The molecule has 0 N–H and O–H groups in total. The Morgan fingerprint density at radius 1 is 1.12 bits per heavy atom. The van der Waals surface area contributed by atoms with Crippen molar-refractivity contribution in [2.75, 3.05) is 62.7 Å². The smallest absolute Gasteiger partial charge is 0.318 e. The Hall–Kier alpha value is -3.87. The largest absolute Gasteiger partial charge is 0.462 e. The maximum Gasteiger partial charge on any atom is 0.318 e. The van der Waals surface area contributed by atoms with Crippen LogP contribution in [0.25, 0.3) is 15.6 Å². The first-order valence-corrected chi connectivity index (χ1v) is 15.4. The van der Waals surface area contributed by atoms with Crippen LogP contribution in [0.3, 0.4) is 0 Å². The van der Waals surface area contributed by atoms with Crippen molar-refractivity contribution in [1.82, 2.24) is 19.8 Å². The molecule has 224 valence electrons. The fourth-order valence-corrected chi connectivity index (χ4v) is 6.92. The molecule has 3 aromatic rings. The molecule has 1 amide bonds. The predicted octanol–water partition coefficient (Wildman–Crippen LogP) is 4.83. The highest BCUT2D eigenvalue weighted by atomic mass is 35.5. The van der Waals surface area contributed by atoms with Crippen molar-refractivity contribution in [1.29, 1.82) is 0 Å². The average molecular weight is 600 g/mol. The van der Waals surface area contributed by atoms with E-state index in [0.29, 0.717) is 50.4 Å². The predicted molar refractivity (Wildman–Crippen MR) is 171 cm³/mol. The quantitative estimate of drug-likeness (QED) is 0.285. The van der Waals surface area contributed by atoms with E-state index in [2.05, 4.69) is 57.4 Å². The topological polar surface area (TPSA) is 69.4 Å². The van der Waals surface area contributed by atoms with Crippen LogP contribution in [0.15, 0.2) is 48.6 Å². The van der Waals surface area contributed by atoms with Crippen LogP contribution in [-0.4, -0.2) is 90.7 Å². The third kappa shape index (κ3) is 5.86. The Kier molecular flexibility index (Phi) is 8.42. The van der Waals surface area contributed by atoms with Crippen molar-refractivity contribution in [3.05, 3.63) is 76.2 Å². The van der Waals surface area contributed by atoms with Crippen LogP contribution in [-0.2, 0) is 17.8 Å². The van der Waals surface area contributed by atoms with Gasteiger partial charge in [-0.05, 0) is 57.3 Å². The third-order valence-electron chi connectivity index (χ3n) is 8.98. The van der Waals surface area contributed by atoms with Crippen molar-refractivity contribution in [2.45, 2.75) is 44.8 Å². The fourth-order valence-electron chi connectivity index (χ4n) is 6.64. The molecule has 0 bridgehead atoms. The summed E-state index contributed by atoms with van der Waals surface area (Å²) in [6.07, 6.45) is 3.02. The molecule has 43 heavy (non-hydrogen) atoms. The highest BCUT2D eigenvalue weighted by Gasteiger charge is 2.36. The molecular formula is C33H38ClN7O2. The minimum atomic E-state index is -0.240. The SMILES string of the molecule is [C-]#[N+]C[C@H]1CN(c2nc(OCC3CCCN3C)nc3c2CCN(c2cccc4cccc(Cl)c24)C3)CCN1C(=O)C(=C)C. The number of likely N-dealkylation sites (tertiary alicyclic amines) is 1. The zero-order chi connectivity index (χ0) is 30.1. The van der Waals surface area contributed by atoms with E-state index >= 15 is 0 Å². The lowest BCUT2D eigenvalue weighted by Gasteiger charge is -2.41. The normalized spacial score (nSPS) is 20.7. The van der Waals surface area contributed by atoms with Gasteiger partial charge in [-0.2, -0.15) is 9.97 Å². The molecule has 1 unspecified atom stereocenters. The maximum absolute atomic E-state index is 12.9. The molecule has 1 aromatic heterocycles. The molecule has 2 fully saturated rings. The molecule has 0 radical (unpaired) electrons. The van der Waals surface area contributed by atoms with Gasteiger partial charge in [-0.3, -0.25) is 4.79 Å². The molecular weight excluding hydrogens is 562 g/mol. The van der Waals surface area contributed by atoms with Gasteiger partial charge >= 0.3 is 6.01 Å². The first-order chi connectivity index (χ1) is 20.8. The number of ether oxygens (including phenoxy) is 1. The number of aromatic nitrogens is 2. The zero-order valence-electron chi connectivity index (χ0n) is 24.9. The van der Waals surface area contributed by atoms with E-state index < -0.39 is 0 Å². The molecule has 6 rings (SSSR count). The van der Waals surface area contributed by atoms with E-state index in [0.717, 1.165) is 64.5 Å². The lowest BCUT2D eigenvalue weighted by Crippen LogP contribution is -2.57. The molecule has 4 heterocycles. The molecule has 10 heteroatoms. The Morgan fingerprint density at radius 3 is 2.67 bits per heavy atom. The molecule has 0 spiro atoms. The molecule has 0 saturated carbocycles. The monoisotopic (exact) mass is 599 g/mol. The van der Waals surface area contributed by atoms with E-state index in [1.165, 1.54) is 6.42 Å². The van der Waals surface area contributed by atoms with Gasteiger partial charge < -0.3 is 29.2 Å². The summed E-state index contributed by atoms with van der Waals surface area (Å²) in [5.41, 5.74) is 3.63. The summed E-state index contributed by atoms with van der Waals surface area (Å²) in [6, 6.07) is 12.8. The summed E-state index contributed by atoms with van der Waals surface area (Å²) in [5.74, 6) is 0.764. The number of benzene rings is 2. The van der Waals surface area contributed by atoms with Crippen LogP contribution in [0.2, 0.25) is 5.02 Å². The lowest BCUT2D eigenvalue weighted by atomic mass is 10.0. The van der Waals surface area contributed by atoms with E-state index in [4.69, 9.17) is 32.9 Å². The minimum Gasteiger partial charge on any atom is -0.462 e. The van der Waals surface area contributed by atoms with Crippen molar-refractivity contribution in [3.63, 3.8) is 0 Å². The standard InChI is InChI=1S/C33H38ClN7O2/c1-22(2)32(42)41-17-16-40(19-25(41)18-35-3)31-26-13-15-39(29-12-6-9-23-8-5-11-27(34)30(23)29)20-28(26)36-33(37-31)43-21-24-10-7-14-38(24)4/h5-6,8-9,11-12,24-25H,1,7,10,13-21H2,2,4H3/t24?,25-/m0/s1. The number of rotatable bonds is 7. The van der Waals surface area contributed by atoms with Crippen molar-refractivity contribution < 1.29 is 9.53 Å². The molecule has 2 atom stereocenters. The van der Waals surface area contributed by atoms with Crippen LogP contribution in [0.5, 0.6) is 6.01 Å². The number of likely N-dealkylation sites (N-methyl/N-ethyl adjacent to an activating group) is 1. The minimum absolute atomic E-state index is 0.0906. The number of nitrogens with zero attached hydrogens (tertiary/aromatic N) is 7. The van der Waals surface area contributed by atoms with E-state index in [9.17, 15) is 4.79 Å². The number of fused-ring (bicyclic) bond motifs is 2. The molecule has 9 nitrogen and oxygen atoms in total. The fraction of sp³-hybridized carbons (Fsp3) is 0.455. The second-order valence-electron chi connectivity index (χ2n) is 11.8. The van der Waals surface area contributed by atoms with Crippen LogP contribution in [0, 0.1) is 6.57 Å². The van der Waals surface area contributed by atoms with Crippen LogP contribution in [0.1, 0.15) is 31.0 Å². The van der Waals surface area contributed by atoms with Gasteiger partial charge in [0, 0.05) is 54.4 Å². The summed E-state index contributed by atoms with van der Waals surface area (Å²) in [7, 11) is 2.14. The first kappa shape index (κ1) is 29.2. The van der Waals surface area contributed by atoms with Gasteiger partial charge in [-0.25, -0.2) is 6.57 Å². The van der Waals surface area contributed by atoms with Gasteiger partial charge in [0.2, 0.25) is 12.5 Å². The number of hydrogen-bond donors (Lipinski definition) is 0. The molecule has 3 aliphatic rings. The van der Waals surface area contributed by atoms with E-state index in [-0.39, 0.29) is 18.5 Å². The number of amides is 1. The number of carbonyl (C=O) groups excluding carboxylic acids is 1. The molecule has 0 aliphatic carbocycles. The molecule has 3 aliphatic heterocycles. The van der Waals surface area contributed by atoms with Crippen LogP contribution < -0.4 is 14.5 Å². The van der Waals surface area contributed by atoms with Gasteiger partial charge in [-0.1, -0.05) is 42.4 Å². The number of halogens is 1. The van der Waals surface area contributed by atoms with Crippen molar-refractivity contribution in [2.24, 2.45) is 0 Å². The summed E-state index contributed by atoms with van der Waals surface area (Å²) in [4.78, 5) is 35.2. The van der Waals surface area contributed by atoms with Gasteiger partial charge in [0.15, 0.2) is 0 Å². The third-order valence-corrected chi connectivity index (χ3v) is 9.30. The highest BCUT2D eigenvalue weighted by molar-refractivity contribution is 6.36. The zero-order valence-corrected chi connectivity index (χ0v) is 25.7. The van der Waals surface area contributed by atoms with Gasteiger partial charge in [0.1, 0.15) is 18.5 Å². The summed E-state index contributed by atoms with van der Waals surface area (Å²) in [5, 5.41) is 2.89. The maximum atomic E-state index is 12.9. The first-order valence-electron chi connectivity index (χ1n) is 15.0. The van der Waals surface area contributed by atoms with E-state index in [1.54, 1.807) is 11.8 Å². The van der Waals surface area contributed by atoms with Crippen molar-refractivity contribution in [3.8, 4) is 6.01 Å². The number of anilines is 2. The Bertz CT molecular complexity index is 1580. The average Bonchev–Trinajstić information content (AvgIpc) is 3.43. The second-order valence-corrected chi connectivity index (χ2v) is 12.3. The Balaban J connectivity index is 1.34. The van der Waals surface area contributed by atoms with Gasteiger partial charge in [-0.15, -0.1) is 0 Å². The second kappa shape index (κ2) is 12.4. The number of piperazine rings is 1. The number of carbonyl (C=O) groups is 1. The Labute approximate surface area is 258 Å². The van der Waals surface area contributed by atoms with Gasteiger partial charge in [0.25, 0.3) is 0 Å². The van der Waals surface area contributed by atoms with Gasteiger partial charge in [0.05, 0.1) is 17.3 Å². The van der Waals surface area contributed by atoms with Crippen molar-refractivity contribution >= 4 is 39.8 Å².